The van der Waals surface area contributed by atoms with Crippen LogP contribution in [0.4, 0.5) is 5.69 Å². The molecule has 2 aromatic rings. The lowest BCUT2D eigenvalue weighted by Gasteiger charge is -2.59. The number of aromatic nitrogens is 1. The molecule has 2 amide bonds. The van der Waals surface area contributed by atoms with Crippen molar-refractivity contribution < 1.29 is 18.0 Å². The number of nitrogens with one attached hydrogen (secondary N) is 1. The molecule has 9 heteroatoms. The van der Waals surface area contributed by atoms with E-state index in [0.29, 0.717) is 30.0 Å². The SMILES string of the molecule is NC(=O)C12CC3CC(C1)C(NC(=O)C1(N(c4cccc5cccnc45)[SH](=O)=O)CC1)C(C3)C2. The number of carbonyl (C=O) groups excluding carboxylic acids is 2. The zero-order valence-corrected chi connectivity index (χ0v) is 19.2. The number of hydrogen-bond acceptors (Lipinski definition) is 5. The van der Waals surface area contributed by atoms with E-state index >= 15 is 0 Å². The van der Waals surface area contributed by atoms with Gasteiger partial charge in [-0.1, -0.05) is 18.2 Å². The zero-order valence-electron chi connectivity index (χ0n) is 18.3. The van der Waals surface area contributed by atoms with E-state index in [1.807, 2.05) is 12.1 Å². The molecule has 5 saturated carbocycles. The number of rotatable bonds is 6. The summed E-state index contributed by atoms with van der Waals surface area (Å²) >= 11 is 0. The summed E-state index contributed by atoms with van der Waals surface area (Å²) < 4.78 is 26.2. The van der Waals surface area contributed by atoms with Crippen LogP contribution in [0.15, 0.2) is 36.5 Å². The Bertz CT molecular complexity index is 1210. The number of hydrogen-bond donors (Lipinski definition) is 3. The fourth-order valence-electron chi connectivity index (χ4n) is 7.23. The van der Waals surface area contributed by atoms with E-state index < -0.39 is 21.8 Å². The average Bonchev–Trinajstić information content (AvgIpc) is 3.57. The second-order valence-corrected chi connectivity index (χ2v) is 11.4. The average molecular weight is 469 g/mol. The van der Waals surface area contributed by atoms with Crippen molar-refractivity contribution in [2.45, 2.75) is 56.5 Å². The van der Waals surface area contributed by atoms with Gasteiger partial charge < -0.3 is 11.1 Å². The van der Waals surface area contributed by atoms with Gasteiger partial charge in [-0.05, 0) is 74.8 Å². The maximum atomic E-state index is 13.7. The Hall–Kier alpha value is -2.68. The number of primary amides is 1. The van der Waals surface area contributed by atoms with Gasteiger partial charge in [0.25, 0.3) is 0 Å². The molecule has 4 bridgehead atoms. The minimum atomic E-state index is -3.05. The quantitative estimate of drug-likeness (QED) is 0.559. The zero-order chi connectivity index (χ0) is 23.0. The molecule has 2 atom stereocenters. The van der Waals surface area contributed by atoms with E-state index in [9.17, 15) is 18.0 Å². The van der Waals surface area contributed by atoms with Crippen molar-refractivity contribution in [2.24, 2.45) is 28.9 Å². The molecule has 5 fully saturated rings. The lowest BCUT2D eigenvalue weighted by atomic mass is 9.47. The first-order valence-corrected chi connectivity index (χ1v) is 12.9. The maximum Gasteiger partial charge on any atom is 0.247 e. The van der Waals surface area contributed by atoms with Crippen LogP contribution >= 0.6 is 0 Å². The van der Waals surface area contributed by atoms with Gasteiger partial charge in [0.1, 0.15) is 5.54 Å². The van der Waals surface area contributed by atoms with Gasteiger partial charge in [0, 0.05) is 23.0 Å². The molecule has 1 heterocycles. The van der Waals surface area contributed by atoms with Gasteiger partial charge in [0.2, 0.25) is 22.7 Å². The van der Waals surface area contributed by atoms with E-state index in [-0.39, 0.29) is 29.7 Å². The third kappa shape index (κ3) is 3.08. The summed E-state index contributed by atoms with van der Waals surface area (Å²) in [6, 6.07) is 9.04. The first kappa shape index (κ1) is 20.9. The van der Waals surface area contributed by atoms with Crippen LogP contribution in [0, 0.1) is 23.2 Å². The van der Waals surface area contributed by atoms with E-state index in [2.05, 4.69) is 10.3 Å². The van der Waals surface area contributed by atoms with Gasteiger partial charge in [-0.15, -0.1) is 0 Å². The molecule has 5 aliphatic rings. The summed E-state index contributed by atoms with van der Waals surface area (Å²) in [5.74, 6) is 0.491. The predicted molar refractivity (Wildman–Crippen MR) is 124 cm³/mol. The Labute approximate surface area is 194 Å². The van der Waals surface area contributed by atoms with E-state index in [1.165, 1.54) is 4.31 Å². The Kier molecular flexibility index (Phi) is 4.53. The standard InChI is InChI=1S/C24H28N4O4S/c25-21(29)23-11-14-9-16(12-23)19(17(10-14)13-23)27-22(30)24(6-7-24)28(33(31)32)18-5-1-3-15-4-2-8-26-20(15)18/h1-5,8,14,16-17,19,33H,6-7,9-13H2,(H2,25,29)(H,27,30). The molecular formula is C24H28N4O4S. The third-order valence-electron chi connectivity index (χ3n) is 8.65. The highest BCUT2D eigenvalue weighted by molar-refractivity contribution is 7.74. The molecule has 33 heavy (non-hydrogen) atoms. The monoisotopic (exact) mass is 468 g/mol. The first-order valence-electron chi connectivity index (χ1n) is 11.7. The van der Waals surface area contributed by atoms with Crippen molar-refractivity contribution in [3.05, 3.63) is 36.5 Å². The van der Waals surface area contributed by atoms with E-state index in [4.69, 9.17) is 5.73 Å². The summed E-state index contributed by atoms with van der Waals surface area (Å²) in [5, 5.41) is 4.08. The minimum absolute atomic E-state index is 0.0315. The van der Waals surface area contributed by atoms with Crippen molar-refractivity contribution in [2.75, 3.05) is 4.31 Å². The normalized spacial score (nSPS) is 33.2. The van der Waals surface area contributed by atoms with Gasteiger partial charge in [0.05, 0.1) is 11.2 Å². The number of anilines is 1. The summed E-state index contributed by atoms with van der Waals surface area (Å²) in [6.07, 6.45) is 6.89. The molecule has 1 aromatic heterocycles. The molecule has 3 N–H and O–H groups in total. The number of benzene rings is 1. The third-order valence-corrected chi connectivity index (χ3v) is 9.57. The number of nitrogens with two attached hydrogens (primary N) is 1. The largest absolute Gasteiger partial charge is 0.369 e. The molecular weight excluding hydrogens is 440 g/mol. The van der Waals surface area contributed by atoms with Crippen molar-refractivity contribution in [1.82, 2.24) is 10.3 Å². The van der Waals surface area contributed by atoms with Gasteiger partial charge in [-0.2, -0.15) is 0 Å². The summed E-state index contributed by atoms with van der Waals surface area (Å²) in [5.41, 5.74) is 5.26. The molecule has 8 nitrogen and oxygen atoms in total. The molecule has 1 aromatic carbocycles. The topological polar surface area (TPSA) is 122 Å². The highest BCUT2D eigenvalue weighted by atomic mass is 32.2. The fourth-order valence-corrected chi connectivity index (χ4v) is 8.18. The summed E-state index contributed by atoms with van der Waals surface area (Å²) in [4.78, 5) is 30.3. The lowest BCUT2D eigenvalue weighted by Crippen LogP contribution is -2.64. The Balaban J connectivity index is 1.30. The van der Waals surface area contributed by atoms with Crippen LogP contribution in [-0.4, -0.2) is 36.8 Å². The maximum absolute atomic E-state index is 13.7. The van der Waals surface area contributed by atoms with Crippen LogP contribution in [0.25, 0.3) is 10.9 Å². The first-order chi connectivity index (χ1) is 15.8. The Morgan fingerprint density at radius 3 is 2.39 bits per heavy atom. The van der Waals surface area contributed by atoms with Crippen molar-refractivity contribution in [3.8, 4) is 0 Å². The van der Waals surface area contributed by atoms with Gasteiger partial charge >= 0.3 is 0 Å². The second-order valence-electron chi connectivity index (χ2n) is 10.5. The van der Waals surface area contributed by atoms with E-state index in [1.54, 1.807) is 24.4 Å². The van der Waals surface area contributed by atoms with Crippen LogP contribution in [-0.2, 0) is 20.5 Å². The van der Waals surface area contributed by atoms with Gasteiger partial charge in [-0.25, -0.2) is 8.42 Å². The van der Waals surface area contributed by atoms with Crippen LogP contribution in [0.5, 0.6) is 0 Å². The van der Waals surface area contributed by atoms with E-state index in [0.717, 1.165) is 37.5 Å². The number of fused-ring (bicyclic) bond motifs is 1. The van der Waals surface area contributed by atoms with Gasteiger partial charge in [-0.3, -0.25) is 18.9 Å². The highest BCUT2D eigenvalue weighted by Crippen LogP contribution is 2.60. The Morgan fingerprint density at radius 1 is 1.06 bits per heavy atom. The molecule has 0 aliphatic heterocycles. The molecule has 0 saturated heterocycles. The molecule has 7 rings (SSSR count). The van der Waals surface area contributed by atoms with Crippen molar-refractivity contribution >= 4 is 39.3 Å². The number of thiol groups is 1. The van der Waals surface area contributed by atoms with Crippen LogP contribution in [0.1, 0.15) is 44.9 Å². The molecule has 0 radical (unpaired) electrons. The minimum Gasteiger partial charge on any atom is -0.369 e. The number of carbonyl (C=O) groups is 2. The van der Waals surface area contributed by atoms with Gasteiger partial charge in [0.15, 0.2) is 0 Å². The molecule has 0 spiro atoms. The second kappa shape index (κ2) is 7.16. The number of para-hydroxylation sites is 1. The Morgan fingerprint density at radius 2 is 1.76 bits per heavy atom. The summed E-state index contributed by atoms with van der Waals surface area (Å²) in [7, 11) is -3.05. The molecule has 2 unspecified atom stereocenters. The number of pyridine rings is 1. The predicted octanol–water partition coefficient (Wildman–Crippen LogP) is 1.90. The number of amides is 2. The van der Waals surface area contributed by atoms with Crippen molar-refractivity contribution in [1.29, 1.82) is 0 Å². The van der Waals surface area contributed by atoms with Crippen LogP contribution in [0.3, 0.4) is 0 Å². The lowest BCUT2D eigenvalue weighted by molar-refractivity contribution is -0.147. The van der Waals surface area contributed by atoms with Crippen molar-refractivity contribution in [3.63, 3.8) is 0 Å². The molecule has 5 aliphatic carbocycles. The number of nitrogens with zero attached hydrogens (tertiary/aromatic N) is 2. The van der Waals surface area contributed by atoms with Crippen LogP contribution < -0.4 is 15.4 Å². The van der Waals surface area contributed by atoms with Crippen LogP contribution in [0.2, 0.25) is 0 Å². The highest BCUT2D eigenvalue weighted by Gasteiger charge is 2.61. The fraction of sp³-hybridized carbons (Fsp3) is 0.542. The summed E-state index contributed by atoms with van der Waals surface area (Å²) in [6.45, 7) is 0. The molecule has 174 valence electrons. The smallest absolute Gasteiger partial charge is 0.247 e.